The van der Waals surface area contributed by atoms with Gasteiger partial charge in [0.1, 0.15) is 11.4 Å². The predicted molar refractivity (Wildman–Crippen MR) is 154 cm³/mol. The van der Waals surface area contributed by atoms with Crippen LogP contribution in [-0.4, -0.2) is 5.60 Å². The Bertz CT molecular complexity index is 1340. The maximum Gasteiger partial charge on any atom is 0.124 e. The maximum atomic E-state index is 6.31. The summed E-state index contributed by atoms with van der Waals surface area (Å²) in [7, 11) is 0. The van der Waals surface area contributed by atoms with Crippen molar-refractivity contribution in [1.29, 1.82) is 0 Å². The third kappa shape index (κ3) is 4.32. The molecule has 4 heteroatoms. The molecule has 0 unspecified atom stereocenters. The van der Waals surface area contributed by atoms with E-state index in [0.29, 0.717) is 0 Å². The Balaban J connectivity index is 1.64. The molecule has 1 heterocycles. The molecule has 5 rings (SSSR count). The van der Waals surface area contributed by atoms with Gasteiger partial charge in [-0.3, -0.25) is 0 Å². The van der Waals surface area contributed by atoms with Crippen molar-refractivity contribution >= 4 is 48.9 Å². The number of benzene rings is 4. The van der Waals surface area contributed by atoms with E-state index in [0.717, 1.165) is 31.8 Å². The summed E-state index contributed by atoms with van der Waals surface area (Å²) in [6, 6.07) is 30.3. The fourth-order valence-corrected chi connectivity index (χ4v) is 5.22. The molecular weight excluding hydrogens is 562 g/mol. The monoisotopic (exact) mass is 589 g/mol. The lowest BCUT2D eigenvalue weighted by molar-refractivity contribution is 0.0712. The molecular formula is C31H29Br2NO. The highest BCUT2D eigenvalue weighted by Crippen LogP contribution is 2.50. The van der Waals surface area contributed by atoms with Crippen molar-refractivity contribution in [3.63, 3.8) is 0 Å². The zero-order valence-electron chi connectivity index (χ0n) is 20.7. The van der Waals surface area contributed by atoms with Gasteiger partial charge in [-0.05, 0) is 110 Å². The number of rotatable bonds is 4. The molecule has 0 atom stereocenters. The van der Waals surface area contributed by atoms with Gasteiger partial charge < -0.3 is 9.64 Å². The fraction of sp³-hybridized carbons (Fsp3) is 0.226. The quantitative estimate of drug-likeness (QED) is 0.234. The topological polar surface area (TPSA) is 12.5 Å². The van der Waals surface area contributed by atoms with E-state index in [1.54, 1.807) is 0 Å². The predicted octanol–water partition coefficient (Wildman–Crippen LogP) is 10.1. The number of hydrogen-bond donors (Lipinski definition) is 0. The standard InChI is InChI=1S/C31H29Br2NO/c1-20-6-12-26(34(24-13-8-22(32)9-14-24)25-15-10-23(33)11-16-25)19-27(20)21-7-17-29-28(18-21)30(2,3)31(4,5)35-29/h6-19H,1-5H3. The summed E-state index contributed by atoms with van der Waals surface area (Å²) in [6.07, 6.45) is 0. The van der Waals surface area contributed by atoms with Gasteiger partial charge in [-0.1, -0.05) is 57.8 Å². The molecule has 0 saturated heterocycles. The van der Waals surface area contributed by atoms with Gasteiger partial charge in [0.15, 0.2) is 0 Å². The summed E-state index contributed by atoms with van der Waals surface area (Å²) in [4.78, 5) is 2.30. The van der Waals surface area contributed by atoms with Gasteiger partial charge in [-0.2, -0.15) is 0 Å². The molecule has 0 aromatic heterocycles. The highest BCUT2D eigenvalue weighted by molar-refractivity contribution is 9.10. The van der Waals surface area contributed by atoms with Gasteiger partial charge in [0.25, 0.3) is 0 Å². The molecule has 0 fully saturated rings. The Hall–Kier alpha value is -2.56. The number of nitrogens with zero attached hydrogens (tertiary/aromatic N) is 1. The fourth-order valence-electron chi connectivity index (χ4n) is 4.69. The van der Waals surface area contributed by atoms with Crippen LogP contribution in [0.25, 0.3) is 11.1 Å². The van der Waals surface area contributed by atoms with Crippen LogP contribution in [0, 0.1) is 6.92 Å². The van der Waals surface area contributed by atoms with Gasteiger partial charge in [0.05, 0.1) is 0 Å². The lowest BCUT2D eigenvalue weighted by Crippen LogP contribution is -2.41. The van der Waals surface area contributed by atoms with Crippen LogP contribution in [0.3, 0.4) is 0 Å². The minimum atomic E-state index is -0.245. The summed E-state index contributed by atoms with van der Waals surface area (Å²) in [5.74, 6) is 0.990. The van der Waals surface area contributed by atoms with Gasteiger partial charge in [-0.25, -0.2) is 0 Å². The van der Waals surface area contributed by atoms with E-state index in [1.807, 2.05) is 0 Å². The molecule has 4 aromatic rings. The Morgan fingerprint density at radius 1 is 0.657 bits per heavy atom. The molecule has 0 N–H and O–H groups in total. The third-order valence-electron chi connectivity index (χ3n) is 7.48. The second kappa shape index (κ2) is 8.83. The van der Waals surface area contributed by atoms with Crippen molar-refractivity contribution in [3.8, 4) is 16.9 Å². The maximum absolute atomic E-state index is 6.31. The molecule has 0 amide bonds. The minimum Gasteiger partial charge on any atom is -0.487 e. The van der Waals surface area contributed by atoms with Crippen LogP contribution in [0.2, 0.25) is 0 Å². The molecule has 0 spiro atoms. The zero-order chi connectivity index (χ0) is 25.0. The molecule has 0 aliphatic carbocycles. The second-order valence-corrected chi connectivity index (χ2v) is 12.1. The zero-order valence-corrected chi connectivity index (χ0v) is 23.9. The van der Waals surface area contributed by atoms with Gasteiger partial charge in [0, 0.05) is 37.0 Å². The first kappa shape index (κ1) is 24.1. The number of halogens is 2. The third-order valence-corrected chi connectivity index (χ3v) is 8.54. The Morgan fingerprint density at radius 3 is 1.77 bits per heavy atom. The van der Waals surface area contributed by atoms with Crippen molar-refractivity contribution in [1.82, 2.24) is 0 Å². The Labute approximate surface area is 225 Å². The van der Waals surface area contributed by atoms with E-state index >= 15 is 0 Å². The molecule has 1 aliphatic heterocycles. The second-order valence-electron chi connectivity index (χ2n) is 10.2. The molecule has 2 nitrogen and oxygen atoms in total. The summed E-state index contributed by atoms with van der Waals surface area (Å²) in [5, 5.41) is 0. The number of hydrogen-bond acceptors (Lipinski definition) is 2. The first-order valence-corrected chi connectivity index (χ1v) is 13.4. The Morgan fingerprint density at radius 2 is 1.20 bits per heavy atom. The summed E-state index contributed by atoms with van der Waals surface area (Å²) in [5.41, 5.74) is 7.96. The molecule has 178 valence electrons. The normalized spacial score (nSPS) is 15.4. The van der Waals surface area contributed by atoms with Crippen LogP contribution in [0.15, 0.2) is 93.9 Å². The molecule has 0 bridgehead atoms. The highest BCUT2D eigenvalue weighted by atomic mass is 79.9. The molecule has 35 heavy (non-hydrogen) atoms. The van der Waals surface area contributed by atoms with E-state index in [-0.39, 0.29) is 11.0 Å². The SMILES string of the molecule is Cc1ccc(N(c2ccc(Br)cc2)c2ccc(Br)cc2)cc1-c1ccc2c(c1)C(C)(C)C(C)(C)O2. The van der Waals surface area contributed by atoms with Crippen LogP contribution in [-0.2, 0) is 5.41 Å². The lowest BCUT2D eigenvalue weighted by Gasteiger charge is -2.33. The van der Waals surface area contributed by atoms with E-state index in [4.69, 9.17) is 4.74 Å². The van der Waals surface area contributed by atoms with Crippen molar-refractivity contribution in [3.05, 3.63) is 105 Å². The average Bonchev–Trinajstić information content (AvgIpc) is 3.00. The van der Waals surface area contributed by atoms with Crippen LogP contribution in [0.5, 0.6) is 5.75 Å². The van der Waals surface area contributed by atoms with Crippen LogP contribution in [0.4, 0.5) is 17.1 Å². The van der Waals surface area contributed by atoms with Gasteiger partial charge in [0.2, 0.25) is 0 Å². The van der Waals surface area contributed by atoms with E-state index in [2.05, 4.69) is 156 Å². The summed E-state index contributed by atoms with van der Waals surface area (Å²) >= 11 is 7.15. The van der Waals surface area contributed by atoms with Crippen LogP contribution in [0.1, 0.15) is 38.8 Å². The molecule has 1 aliphatic rings. The van der Waals surface area contributed by atoms with E-state index in [9.17, 15) is 0 Å². The summed E-state index contributed by atoms with van der Waals surface area (Å²) < 4.78 is 8.44. The van der Waals surface area contributed by atoms with E-state index in [1.165, 1.54) is 22.3 Å². The average molecular weight is 591 g/mol. The minimum absolute atomic E-state index is 0.0786. The van der Waals surface area contributed by atoms with Crippen molar-refractivity contribution in [2.24, 2.45) is 0 Å². The molecule has 0 saturated carbocycles. The smallest absolute Gasteiger partial charge is 0.124 e. The highest BCUT2D eigenvalue weighted by Gasteiger charge is 2.47. The largest absolute Gasteiger partial charge is 0.487 e. The van der Waals surface area contributed by atoms with Crippen molar-refractivity contribution in [2.45, 2.75) is 45.6 Å². The first-order chi connectivity index (χ1) is 16.6. The van der Waals surface area contributed by atoms with Crippen LogP contribution >= 0.6 is 31.9 Å². The van der Waals surface area contributed by atoms with E-state index < -0.39 is 0 Å². The number of anilines is 3. The Kier molecular flexibility index (Phi) is 6.09. The molecule has 0 radical (unpaired) electrons. The number of aryl methyl sites for hydroxylation is 1. The van der Waals surface area contributed by atoms with Crippen LogP contribution < -0.4 is 9.64 Å². The number of ether oxygens (including phenoxy) is 1. The van der Waals surface area contributed by atoms with Crippen molar-refractivity contribution in [2.75, 3.05) is 4.90 Å². The van der Waals surface area contributed by atoms with Gasteiger partial charge >= 0.3 is 0 Å². The number of fused-ring (bicyclic) bond motifs is 1. The summed E-state index contributed by atoms with van der Waals surface area (Å²) in [6.45, 7) is 11.1. The van der Waals surface area contributed by atoms with Crippen molar-refractivity contribution < 1.29 is 4.74 Å². The lowest BCUT2D eigenvalue weighted by atomic mass is 9.73. The van der Waals surface area contributed by atoms with Gasteiger partial charge in [-0.15, -0.1) is 0 Å². The molecule has 4 aromatic carbocycles. The first-order valence-electron chi connectivity index (χ1n) is 11.8.